The van der Waals surface area contributed by atoms with Crippen LogP contribution in [0.4, 0.5) is 4.39 Å². The Morgan fingerprint density at radius 1 is 1.22 bits per heavy atom. The smallest absolute Gasteiger partial charge is 0.261 e. The number of hydrogen-bond donors (Lipinski definition) is 1. The van der Waals surface area contributed by atoms with Gasteiger partial charge in [-0.25, -0.2) is 9.07 Å². The summed E-state index contributed by atoms with van der Waals surface area (Å²) in [6, 6.07) is 15.4. The van der Waals surface area contributed by atoms with Crippen LogP contribution in [0.25, 0.3) is 15.9 Å². The van der Waals surface area contributed by atoms with Gasteiger partial charge in [0.25, 0.3) is 5.91 Å². The van der Waals surface area contributed by atoms with Gasteiger partial charge >= 0.3 is 0 Å². The van der Waals surface area contributed by atoms with Gasteiger partial charge in [-0.15, -0.1) is 11.3 Å². The van der Waals surface area contributed by atoms with Crippen molar-refractivity contribution < 1.29 is 9.18 Å². The fraction of sp³-hybridized carbons (Fsp3) is 0.100. The normalized spacial score (nSPS) is 11.1. The number of benzene rings is 2. The van der Waals surface area contributed by atoms with Gasteiger partial charge in [0, 0.05) is 17.0 Å². The maximum absolute atomic E-state index is 13.2. The lowest BCUT2D eigenvalue weighted by atomic mass is 10.2. The lowest BCUT2D eigenvalue weighted by Crippen LogP contribution is -2.21. The van der Waals surface area contributed by atoms with Crippen molar-refractivity contribution in [3.05, 3.63) is 81.6 Å². The molecule has 0 saturated heterocycles. The summed E-state index contributed by atoms with van der Waals surface area (Å²) in [5.74, 6) is -0.467. The molecule has 0 aliphatic heterocycles. The van der Waals surface area contributed by atoms with E-state index in [2.05, 4.69) is 10.4 Å². The van der Waals surface area contributed by atoms with Crippen molar-refractivity contribution in [2.75, 3.05) is 0 Å². The van der Waals surface area contributed by atoms with E-state index < -0.39 is 0 Å². The van der Waals surface area contributed by atoms with E-state index in [1.165, 1.54) is 23.5 Å². The van der Waals surface area contributed by atoms with Crippen molar-refractivity contribution in [2.24, 2.45) is 0 Å². The third-order valence-electron chi connectivity index (χ3n) is 4.24. The van der Waals surface area contributed by atoms with Crippen LogP contribution in [0, 0.1) is 12.7 Å². The first-order chi connectivity index (χ1) is 13.0. The minimum atomic E-state index is -0.301. The zero-order chi connectivity index (χ0) is 19.0. The summed E-state index contributed by atoms with van der Waals surface area (Å²) >= 11 is 7.49. The van der Waals surface area contributed by atoms with Crippen LogP contribution in [0.1, 0.15) is 20.9 Å². The molecule has 0 aliphatic rings. The van der Waals surface area contributed by atoms with Gasteiger partial charge in [-0.2, -0.15) is 5.10 Å². The van der Waals surface area contributed by atoms with Crippen LogP contribution < -0.4 is 5.32 Å². The SMILES string of the molecule is Cc1nn(-c2ccc(F)cc2)c2sc(C(=O)NCc3ccccc3Cl)cc12. The predicted octanol–water partition coefficient (Wildman–Crippen LogP) is 5.12. The van der Waals surface area contributed by atoms with Crippen molar-refractivity contribution in [1.82, 2.24) is 15.1 Å². The molecule has 0 spiro atoms. The zero-order valence-electron chi connectivity index (χ0n) is 14.4. The summed E-state index contributed by atoms with van der Waals surface area (Å²) in [4.78, 5) is 14.0. The fourth-order valence-corrected chi connectivity index (χ4v) is 4.12. The number of aryl methyl sites for hydroxylation is 1. The first kappa shape index (κ1) is 17.7. The molecular formula is C20H15ClFN3OS. The number of hydrogen-bond acceptors (Lipinski definition) is 3. The summed E-state index contributed by atoms with van der Waals surface area (Å²) in [5, 5.41) is 8.94. The van der Waals surface area contributed by atoms with Gasteiger partial charge in [-0.3, -0.25) is 4.79 Å². The number of thiophene rings is 1. The highest BCUT2D eigenvalue weighted by Crippen LogP contribution is 2.30. The number of nitrogens with zero attached hydrogens (tertiary/aromatic N) is 2. The lowest BCUT2D eigenvalue weighted by Gasteiger charge is -2.05. The van der Waals surface area contributed by atoms with E-state index in [1.807, 2.05) is 31.2 Å². The summed E-state index contributed by atoms with van der Waals surface area (Å²) in [5.41, 5.74) is 2.43. The molecule has 4 nitrogen and oxygen atoms in total. The van der Waals surface area contributed by atoms with Crippen molar-refractivity contribution in [2.45, 2.75) is 13.5 Å². The largest absolute Gasteiger partial charge is 0.347 e. The highest BCUT2D eigenvalue weighted by molar-refractivity contribution is 7.20. The van der Waals surface area contributed by atoms with Crippen LogP contribution in [-0.2, 0) is 6.54 Å². The molecule has 0 radical (unpaired) electrons. The highest BCUT2D eigenvalue weighted by Gasteiger charge is 2.17. The average Bonchev–Trinajstić information content (AvgIpc) is 3.22. The molecule has 0 saturated carbocycles. The molecule has 2 aromatic heterocycles. The number of carbonyl (C=O) groups excluding carboxylic acids is 1. The first-order valence-corrected chi connectivity index (χ1v) is 9.49. The fourth-order valence-electron chi connectivity index (χ4n) is 2.82. The number of rotatable bonds is 4. The van der Waals surface area contributed by atoms with Gasteiger partial charge in [0.2, 0.25) is 0 Å². The van der Waals surface area contributed by atoms with E-state index in [4.69, 9.17) is 11.6 Å². The molecule has 0 atom stereocenters. The molecule has 0 fully saturated rings. The Labute approximate surface area is 164 Å². The van der Waals surface area contributed by atoms with Crippen LogP contribution in [-0.4, -0.2) is 15.7 Å². The van der Waals surface area contributed by atoms with E-state index in [0.29, 0.717) is 16.4 Å². The van der Waals surface area contributed by atoms with Crippen molar-refractivity contribution in [1.29, 1.82) is 0 Å². The van der Waals surface area contributed by atoms with Crippen molar-refractivity contribution in [3.63, 3.8) is 0 Å². The topological polar surface area (TPSA) is 46.9 Å². The maximum Gasteiger partial charge on any atom is 0.261 e. The second-order valence-corrected chi connectivity index (χ2v) is 7.52. The Bertz CT molecular complexity index is 1130. The van der Waals surface area contributed by atoms with Gasteiger partial charge in [-0.05, 0) is 48.9 Å². The minimum absolute atomic E-state index is 0.166. The molecule has 4 rings (SSSR count). The quantitative estimate of drug-likeness (QED) is 0.517. The van der Waals surface area contributed by atoms with Crippen LogP contribution in [0.3, 0.4) is 0 Å². The lowest BCUT2D eigenvalue weighted by molar-refractivity contribution is 0.0955. The van der Waals surface area contributed by atoms with E-state index >= 15 is 0 Å². The molecule has 4 aromatic rings. The number of halogens is 2. The predicted molar refractivity (Wildman–Crippen MR) is 106 cm³/mol. The molecule has 136 valence electrons. The maximum atomic E-state index is 13.2. The monoisotopic (exact) mass is 399 g/mol. The number of nitrogens with one attached hydrogen (secondary N) is 1. The van der Waals surface area contributed by atoms with Crippen molar-refractivity contribution in [3.8, 4) is 5.69 Å². The third kappa shape index (κ3) is 3.46. The zero-order valence-corrected chi connectivity index (χ0v) is 15.9. The second-order valence-electron chi connectivity index (χ2n) is 6.08. The molecule has 0 unspecified atom stereocenters. The molecule has 2 heterocycles. The molecular weight excluding hydrogens is 385 g/mol. The van der Waals surface area contributed by atoms with Crippen LogP contribution >= 0.6 is 22.9 Å². The summed E-state index contributed by atoms with van der Waals surface area (Å²) in [6.45, 7) is 2.25. The van der Waals surface area contributed by atoms with Gasteiger partial charge in [0.15, 0.2) is 0 Å². The summed E-state index contributed by atoms with van der Waals surface area (Å²) < 4.78 is 14.9. The average molecular weight is 400 g/mol. The van der Waals surface area contributed by atoms with E-state index in [0.717, 1.165) is 27.2 Å². The van der Waals surface area contributed by atoms with E-state index in [-0.39, 0.29) is 11.7 Å². The molecule has 0 bridgehead atoms. The molecule has 1 N–H and O–H groups in total. The highest BCUT2D eigenvalue weighted by atomic mass is 35.5. The van der Waals surface area contributed by atoms with E-state index in [9.17, 15) is 9.18 Å². The number of aromatic nitrogens is 2. The Morgan fingerprint density at radius 2 is 1.96 bits per heavy atom. The van der Waals surface area contributed by atoms with Crippen LogP contribution in [0.2, 0.25) is 5.02 Å². The second kappa shape index (κ2) is 7.13. The third-order valence-corrected chi connectivity index (χ3v) is 5.71. The van der Waals surface area contributed by atoms with Crippen molar-refractivity contribution >= 4 is 39.1 Å². The number of amides is 1. The van der Waals surface area contributed by atoms with E-state index in [1.54, 1.807) is 22.9 Å². The molecule has 0 aliphatic carbocycles. The summed E-state index contributed by atoms with van der Waals surface area (Å²) in [7, 11) is 0. The molecule has 2 aromatic carbocycles. The van der Waals surface area contributed by atoms with Gasteiger partial charge in [0.1, 0.15) is 10.6 Å². The summed E-state index contributed by atoms with van der Waals surface area (Å²) in [6.07, 6.45) is 0. The number of carbonyl (C=O) groups is 1. The van der Waals surface area contributed by atoms with Gasteiger partial charge in [-0.1, -0.05) is 29.8 Å². The van der Waals surface area contributed by atoms with Gasteiger partial charge in [0.05, 0.1) is 16.3 Å². The Hall–Kier alpha value is -2.70. The first-order valence-electron chi connectivity index (χ1n) is 8.29. The number of fused-ring (bicyclic) bond motifs is 1. The van der Waals surface area contributed by atoms with Crippen LogP contribution in [0.15, 0.2) is 54.6 Å². The minimum Gasteiger partial charge on any atom is -0.347 e. The van der Waals surface area contributed by atoms with Gasteiger partial charge < -0.3 is 5.32 Å². The molecule has 27 heavy (non-hydrogen) atoms. The Balaban J connectivity index is 1.61. The Kier molecular flexibility index (Phi) is 4.68. The standard InChI is InChI=1S/C20H15ClFN3OS/c1-12-16-10-18(19(26)23-11-13-4-2-3-5-17(13)21)27-20(16)25(24-12)15-8-6-14(22)7-9-15/h2-10H,11H2,1H3,(H,23,26). The molecule has 1 amide bonds. The van der Waals surface area contributed by atoms with Crippen LogP contribution in [0.5, 0.6) is 0 Å². The Morgan fingerprint density at radius 3 is 2.70 bits per heavy atom. The molecule has 7 heteroatoms.